The van der Waals surface area contributed by atoms with Crippen LogP contribution in [0.15, 0.2) is 0 Å². The van der Waals surface area contributed by atoms with Crippen LogP contribution in [0.2, 0.25) is 0 Å². The monoisotopic (exact) mass is 157 g/mol. The fourth-order valence-corrected chi connectivity index (χ4v) is 0.434. The first-order valence-electron chi connectivity index (χ1n) is 2.94. The van der Waals surface area contributed by atoms with Crippen molar-refractivity contribution in [1.82, 2.24) is 5.32 Å². The minimum atomic E-state index is -4.14. The lowest BCUT2D eigenvalue weighted by atomic mass is 10.4. The smallest absolute Gasteiger partial charge is 0.396 e. The first kappa shape index (κ1) is 9.71. The van der Waals surface area contributed by atoms with Crippen molar-refractivity contribution in [2.75, 3.05) is 19.7 Å². The Hall–Kier alpha value is -0.290. The zero-order chi connectivity index (χ0) is 8.04. The molecule has 0 fully saturated rings. The lowest BCUT2D eigenvalue weighted by molar-refractivity contribution is -0.124. The SMILES string of the molecule is OCCCNCC(F)(F)F. The molecular formula is C5H10F3NO. The van der Waals surface area contributed by atoms with Gasteiger partial charge < -0.3 is 10.4 Å². The van der Waals surface area contributed by atoms with Gasteiger partial charge in [-0.25, -0.2) is 0 Å². The van der Waals surface area contributed by atoms with Crippen LogP contribution in [-0.4, -0.2) is 31.0 Å². The normalized spacial score (nSPS) is 12.0. The van der Waals surface area contributed by atoms with E-state index in [1.54, 1.807) is 0 Å². The molecule has 2 nitrogen and oxygen atoms in total. The Morgan fingerprint density at radius 1 is 1.30 bits per heavy atom. The standard InChI is InChI=1S/C5H10F3NO/c6-5(7,8)4-9-2-1-3-10/h9-10H,1-4H2. The third-order valence-corrected chi connectivity index (χ3v) is 0.837. The Kier molecular flexibility index (Phi) is 4.38. The maximum atomic E-state index is 11.4. The van der Waals surface area contributed by atoms with Gasteiger partial charge in [0.1, 0.15) is 0 Å². The van der Waals surface area contributed by atoms with Crippen LogP contribution in [0.5, 0.6) is 0 Å². The first-order chi connectivity index (χ1) is 4.56. The van der Waals surface area contributed by atoms with Crippen molar-refractivity contribution in [1.29, 1.82) is 0 Å². The van der Waals surface area contributed by atoms with Gasteiger partial charge in [0.05, 0.1) is 6.54 Å². The van der Waals surface area contributed by atoms with Crippen molar-refractivity contribution in [3.8, 4) is 0 Å². The maximum absolute atomic E-state index is 11.4. The van der Waals surface area contributed by atoms with E-state index in [9.17, 15) is 13.2 Å². The van der Waals surface area contributed by atoms with Gasteiger partial charge in [0.2, 0.25) is 0 Å². The van der Waals surface area contributed by atoms with Gasteiger partial charge in [0.25, 0.3) is 0 Å². The molecule has 0 unspecified atom stereocenters. The fraction of sp³-hybridized carbons (Fsp3) is 1.00. The van der Waals surface area contributed by atoms with Gasteiger partial charge in [-0.05, 0) is 13.0 Å². The minimum Gasteiger partial charge on any atom is -0.396 e. The number of halogens is 3. The van der Waals surface area contributed by atoms with E-state index in [1.165, 1.54) is 0 Å². The Morgan fingerprint density at radius 3 is 2.30 bits per heavy atom. The van der Waals surface area contributed by atoms with Gasteiger partial charge in [-0.15, -0.1) is 0 Å². The number of aliphatic hydroxyl groups is 1. The van der Waals surface area contributed by atoms with Crippen LogP contribution in [0, 0.1) is 0 Å². The van der Waals surface area contributed by atoms with E-state index in [4.69, 9.17) is 5.11 Å². The van der Waals surface area contributed by atoms with Crippen molar-refractivity contribution >= 4 is 0 Å². The highest BCUT2D eigenvalue weighted by atomic mass is 19.4. The fourth-order valence-electron chi connectivity index (χ4n) is 0.434. The summed E-state index contributed by atoms with van der Waals surface area (Å²) in [6, 6.07) is 0. The Bertz CT molecular complexity index is 83.5. The molecule has 0 amide bonds. The van der Waals surface area contributed by atoms with Crippen LogP contribution < -0.4 is 5.32 Å². The number of aliphatic hydroxyl groups excluding tert-OH is 1. The summed E-state index contributed by atoms with van der Waals surface area (Å²) in [5.74, 6) is 0. The van der Waals surface area contributed by atoms with Crippen molar-refractivity contribution in [2.24, 2.45) is 0 Å². The van der Waals surface area contributed by atoms with E-state index in [2.05, 4.69) is 5.32 Å². The topological polar surface area (TPSA) is 32.3 Å². The predicted molar refractivity (Wildman–Crippen MR) is 30.6 cm³/mol. The van der Waals surface area contributed by atoms with Crippen LogP contribution in [-0.2, 0) is 0 Å². The van der Waals surface area contributed by atoms with Crippen LogP contribution in [0.25, 0.3) is 0 Å². The molecule has 5 heteroatoms. The Labute approximate surface area is 57.0 Å². The lowest BCUT2D eigenvalue weighted by Crippen LogP contribution is -2.29. The highest BCUT2D eigenvalue weighted by Gasteiger charge is 2.25. The van der Waals surface area contributed by atoms with Crippen molar-refractivity contribution in [3.05, 3.63) is 0 Å². The average Bonchev–Trinajstić information content (AvgIpc) is 1.78. The van der Waals surface area contributed by atoms with E-state index >= 15 is 0 Å². The van der Waals surface area contributed by atoms with Gasteiger partial charge in [-0.1, -0.05) is 0 Å². The second kappa shape index (κ2) is 4.51. The molecule has 62 valence electrons. The number of hydrogen-bond acceptors (Lipinski definition) is 2. The number of rotatable bonds is 4. The van der Waals surface area contributed by atoms with Gasteiger partial charge in [0.15, 0.2) is 0 Å². The highest BCUT2D eigenvalue weighted by Crippen LogP contribution is 2.11. The molecule has 0 bridgehead atoms. The average molecular weight is 157 g/mol. The molecule has 0 atom stereocenters. The van der Waals surface area contributed by atoms with Crippen LogP contribution >= 0.6 is 0 Å². The molecule has 0 heterocycles. The summed E-state index contributed by atoms with van der Waals surface area (Å²) in [7, 11) is 0. The molecule has 0 saturated heterocycles. The molecule has 0 aromatic heterocycles. The largest absolute Gasteiger partial charge is 0.401 e. The summed E-state index contributed by atoms with van der Waals surface area (Å²) < 4.78 is 34.1. The molecule has 0 aliphatic rings. The third kappa shape index (κ3) is 7.71. The van der Waals surface area contributed by atoms with E-state index in [1.807, 2.05) is 0 Å². The number of alkyl halides is 3. The zero-order valence-corrected chi connectivity index (χ0v) is 5.41. The van der Waals surface area contributed by atoms with Crippen LogP contribution in [0.4, 0.5) is 13.2 Å². The van der Waals surface area contributed by atoms with E-state index < -0.39 is 12.7 Å². The molecule has 0 rings (SSSR count). The molecule has 0 saturated carbocycles. The molecule has 0 spiro atoms. The van der Waals surface area contributed by atoms with Gasteiger partial charge >= 0.3 is 6.18 Å². The second-order valence-corrected chi connectivity index (χ2v) is 1.87. The second-order valence-electron chi connectivity index (χ2n) is 1.87. The van der Waals surface area contributed by atoms with E-state index in [0.29, 0.717) is 6.42 Å². The van der Waals surface area contributed by atoms with E-state index in [0.717, 1.165) is 0 Å². The molecule has 0 aromatic rings. The molecule has 10 heavy (non-hydrogen) atoms. The van der Waals surface area contributed by atoms with Crippen LogP contribution in [0.3, 0.4) is 0 Å². The molecule has 0 aromatic carbocycles. The van der Waals surface area contributed by atoms with Gasteiger partial charge in [0, 0.05) is 6.61 Å². The molecule has 0 aliphatic heterocycles. The predicted octanol–water partition coefficient (Wildman–Crippen LogP) is 0.521. The molecule has 0 radical (unpaired) electrons. The zero-order valence-electron chi connectivity index (χ0n) is 5.41. The lowest BCUT2D eigenvalue weighted by Gasteiger charge is -2.06. The van der Waals surface area contributed by atoms with Crippen molar-refractivity contribution < 1.29 is 18.3 Å². The summed E-state index contributed by atoms with van der Waals surface area (Å²) >= 11 is 0. The maximum Gasteiger partial charge on any atom is 0.401 e. The number of hydrogen-bond donors (Lipinski definition) is 2. The number of nitrogens with one attached hydrogen (secondary N) is 1. The summed E-state index contributed by atoms with van der Waals surface area (Å²) in [6.45, 7) is -0.853. The third-order valence-electron chi connectivity index (χ3n) is 0.837. The summed E-state index contributed by atoms with van der Waals surface area (Å²) in [6.07, 6.45) is -3.79. The van der Waals surface area contributed by atoms with Crippen molar-refractivity contribution in [2.45, 2.75) is 12.6 Å². The van der Waals surface area contributed by atoms with Gasteiger partial charge in [-0.3, -0.25) is 0 Å². The molecule has 2 N–H and O–H groups in total. The Morgan fingerprint density at radius 2 is 1.90 bits per heavy atom. The van der Waals surface area contributed by atoms with Crippen molar-refractivity contribution in [3.63, 3.8) is 0 Å². The highest BCUT2D eigenvalue weighted by molar-refractivity contribution is 4.54. The quantitative estimate of drug-likeness (QED) is 0.583. The summed E-state index contributed by atoms with van der Waals surface area (Å²) in [4.78, 5) is 0. The minimum absolute atomic E-state index is 0.0785. The van der Waals surface area contributed by atoms with Gasteiger partial charge in [-0.2, -0.15) is 13.2 Å². The summed E-state index contributed by atoms with van der Waals surface area (Å²) in [5, 5.41) is 10.3. The molecular weight excluding hydrogens is 147 g/mol. The van der Waals surface area contributed by atoms with E-state index in [-0.39, 0.29) is 13.2 Å². The Balaban J connectivity index is 3.04. The van der Waals surface area contributed by atoms with Crippen LogP contribution in [0.1, 0.15) is 6.42 Å². The first-order valence-corrected chi connectivity index (χ1v) is 2.94. The summed E-state index contributed by atoms with van der Waals surface area (Å²) in [5.41, 5.74) is 0. The molecule has 0 aliphatic carbocycles.